The quantitative estimate of drug-likeness (QED) is 0.640. The lowest BCUT2D eigenvalue weighted by Gasteiger charge is -1.90. The van der Waals surface area contributed by atoms with E-state index in [-0.39, 0.29) is 5.91 Å². The zero-order valence-corrected chi connectivity index (χ0v) is 5.61. The maximum absolute atomic E-state index is 10.9. The monoisotopic (exact) mass is 147 g/mol. The van der Waals surface area contributed by atoms with E-state index in [9.17, 15) is 4.79 Å². The molecular weight excluding hydrogens is 142 g/mol. The third-order valence-electron chi connectivity index (χ3n) is 1.45. The Morgan fingerprint density at radius 3 is 2.91 bits per heavy atom. The Morgan fingerprint density at radius 1 is 1.45 bits per heavy atom. The van der Waals surface area contributed by atoms with Gasteiger partial charge < -0.3 is 4.98 Å². The van der Waals surface area contributed by atoms with Crippen LogP contribution in [-0.2, 0) is 4.79 Å². The lowest BCUT2D eigenvalue weighted by atomic mass is 10.2. The van der Waals surface area contributed by atoms with Crippen LogP contribution in [-0.4, -0.2) is 10.9 Å². The van der Waals surface area contributed by atoms with Crippen molar-refractivity contribution in [2.75, 3.05) is 0 Å². The fourth-order valence-electron chi connectivity index (χ4n) is 0.931. The molecule has 0 aliphatic carbocycles. The van der Waals surface area contributed by atoms with E-state index in [0.29, 0.717) is 5.57 Å². The van der Waals surface area contributed by atoms with E-state index >= 15 is 0 Å². The Bertz CT molecular complexity index is 335. The van der Waals surface area contributed by atoms with Crippen LogP contribution < -0.4 is 0 Å². The van der Waals surface area contributed by atoms with Gasteiger partial charge in [-0.2, -0.15) is 5.11 Å². The van der Waals surface area contributed by atoms with Gasteiger partial charge in [0.1, 0.15) is 0 Å². The van der Waals surface area contributed by atoms with Gasteiger partial charge in [-0.05, 0) is 12.1 Å². The van der Waals surface area contributed by atoms with Crippen LogP contribution in [0.15, 0.2) is 34.8 Å². The number of nitrogens with one attached hydrogen (secondary N) is 1. The van der Waals surface area contributed by atoms with Crippen molar-refractivity contribution in [3.05, 3.63) is 30.2 Å². The van der Waals surface area contributed by atoms with Gasteiger partial charge in [0.05, 0.1) is 17.5 Å². The number of aromatic nitrogens is 1. The summed E-state index contributed by atoms with van der Waals surface area (Å²) in [6, 6.07) is 3.63. The molecule has 0 radical (unpaired) electrons. The third kappa shape index (κ3) is 0.881. The topological polar surface area (TPSA) is 57.6 Å². The van der Waals surface area contributed by atoms with Gasteiger partial charge in [-0.15, -0.1) is 5.11 Å². The maximum atomic E-state index is 10.9. The van der Waals surface area contributed by atoms with Gasteiger partial charge in [-0.3, -0.25) is 4.79 Å². The summed E-state index contributed by atoms with van der Waals surface area (Å²) in [7, 11) is 0. The lowest BCUT2D eigenvalue weighted by Crippen LogP contribution is -1.92. The molecule has 4 nitrogen and oxygen atoms in total. The van der Waals surface area contributed by atoms with Crippen molar-refractivity contribution < 1.29 is 4.79 Å². The third-order valence-corrected chi connectivity index (χ3v) is 1.45. The predicted molar refractivity (Wildman–Crippen MR) is 38.6 cm³/mol. The van der Waals surface area contributed by atoms with Crippen molar-refractivity contribution in [2.45, 2.75) is 0 Å². The molecule has 0 spiro atoms. The summed E-state index contributed by atoms with van der Waals surface area (Å²) in [4.78, 5) is 13.8. The molecule has 1 aliphatic heterocycles. The van der Waals surface area contributed by atoms with E-state index in [1.807, 2.05) is 6.07 Å². The Labute approximate surface area is 62.6 Å². The summed E-state index contributed by atoms with van der Waals surface area (Å²) in [6.45, 7) is 0. The number of hydrogen-bond acceptors (Lipinski definition) is 2. The van der Waals surface area contributed by atoms with Gasteiger partial charge in [-0.1, -0.05) is 0 Å². The highest BCUT2D eigenvalue weighted by Crippen LogP contribution is 2.17. The molecule has 1 aliphatic rings. The molecule has 1 N–H and O–H groups in total. The van der Waals surface area contributed by atoms with Gasteiger partial charge >= 0.3 is 0 Å². The second kappa shape index (κ2) is 2.16. The van der Waals surface area contributed by atoms with Crippen LogP contribution in [0.3, 0.4) is 0 Å². The number of H-pyrrole nitrogens is 1. The Morgan fingerprint density at radius 2 is 2.36 bits per heavy atom. The summed E-state index contributed by atoms with van der Waals surface area (Å²) in [5.41, 5.74) is 1.29. The van der Waals surface area contributed by atoms with E-state index in [1.165, 1.54) is 6.20 Å². The lowest BCUT2D eigenvalue weighted by molar-refractivity contribution is -0.112. The predicted octanol–water partition coefficient (Wildman–Crippen LogP) is 1.35. The first-order valence-electron chi connectivity index (χ1n) is 3.17. The fraction of sp³-hybridized carbons (Fsp3) is 0. The van der Waals surface area contributed by atoms with Crippen LogP contribution in [0.2, 0.25) is 0 Å². The minimum atomic E-state index is -0.285. The molecular formula is C7H5N3O. The van der Waals surface area contributed by atoms with Crippen LogP contribution in [0.4, 0.5) is 0 Å². The molecule has 11 heavy (non-hydrogen) atoms. The molecule has 0 aromatic carbocycles. The van der Waals surface area contributed by atoms with Crippen molar-refractivity contribution in [1.29, 1.82) is 0 Å². The van der Waals surface area contributed by atoms with Crippen LogP contribution in [0.5, 0.6) is 0 Å². The molecule has 4 heteroatoms. The van der Waals surface area contributed by atoms with E-state index in [0.717, 1.165) is 5.69 Å². The van der Waals surface area contributed by atoms with Crippen LogP contribution in [0.25, 0.3) is 5.57 Å². The average molecular weight is 147 g/mol. The van der Waals surface area contributed by atoms with Crippen LogP contribution in [0.1, 0.15) is 5.69 Å². The van der Waals surface area contributed by atoms with Gasteiger partial charge in [-0.25, -0.2) is 0 Å². The molecule has 1 amide bonds. The number of hydrogen-bond donors (Lipinski definition) is 1. The number of aromatic amines is 1. The largest absolute Gasteiger partial charge is 0.361 e. The minimum absolute atomic E-state index is 0.285. The summed E-state index contributed by atoms with van der Waals surface area (Å²) < 4.78 is 0. The van der Waals surface area contributed by atoms with E-state index in [2.05, 4.69) is 15.2 Å². The van der Waals surface area contributed by atoms with Crippen LogP contribution in [0, 0.1) is 0 Å². The Kier molecular flexibility index (Phi) is 1.18. The Balaban J connectivity index is 2.40. The second-order valence-electron chi connectivity index (χ2n) is 2.15. The van der Waals surface area contributed by atoms with Gasteiger partial charge in [0.15, 0.2) is 0 Å². The number of nitrogens with zero attached hydrogens (tertiary/aromatic N) is 2. The van der Waals surface area contributed by atoms with Crippen molar-refractivity contribution in [2.24, 2.45) is 10.2 Å². The van der Waals surface area contributed by atoms with E-state index < -0.39 is 0 Å². The summed E-state index contributed by atoms with van der Waals surface area (Å²) in [6.07, 6.45) is 3.20. The number of rotatable bonds is 1. The van der Waals surface area contributed by atoms with Crippen molar-refractivity contribution in [1.82, 2.24) is 4.98 Å². The number of amides is 1. The molecule has 54 valence electrons. The zero-order valence-electron chi connectivity index (χ0n) is 5.61. The highest BCUT2D eigenvalue weighted by molar-refractivity contribution is 6.20. The van der Waals surface area contributed by atoms with Crippen LogP contribution >= 0.6 is 0 Å². The van der Waals surface area contributed by atoms with Crippen molar-refractivity contribution in [3.8, 4) is 0 Å². The summed E-state index contributed by atoms with van der Waals surface area (Å²) in [5.74, 6) is -0.285. The van der Waals surface area contributed by atoms with Crippen molar-refractivity contribution >= 4 is 11.5 Å². The molecule has 0 atom stereocenters. The summed E-state index contributed by atoms with van der Waals surface area (Å²) in [5, 5.41) is 6.84. The van der Waals surface area contributed by atoms with Gasteiger partial charge in [0, 0.05) is 6.20 Å². The van der Waals surface area contributed by atoms with Gasteiger partial charge in [0.25, 0.3) is 5.91 Å². The van der Waals surface area contributed by atoms with E-state index in [4.69, 9.17) is 0 Å². The highest BCUT2D eigenvalue weighted by atomic mass is 16.2. The first-order chi connectivity index (χ1) is 5.38. The van der Waals surface area contributed by atoms with E-state index in [1.54, 1.807) is 12.3 Å². The average Bonchev–Trinajstić information content (AvgIpc) is 2.55. The number of azo groups is 1. The number of carbonyl (C=O) groups is 1. The molecule has 0 saturated heterocycles. The number of carbonyl (C=O) groups excluding carboxylic acids is 1. The molecule has 0 fully saturated rings. The smallest absolute Gasteiger partial charge is 0.299 e. The van der Waals surface area contributed by atoms with Crippen molar-refractivity contribution in [3.63, 3.8) is 0 Å². The highest BCUT2D eigenvalue weighted by Gasteiger charge is 2.15. The molecule has 1 aromatic heterocycles. The van der Waals surface area contributed by atoms with Gasteiger partial charge in [0.2, 0.25) is 0 Å². The summed E-state index contributed by atoms with van der Waals surface area (Å²) >= 11 is 0. The molecule has 1 aromatic rings. The molecule has 2 heterocycles. The zero-order chi connectivity index (χ0) is 7.68. The first-order valence-corrected chi connectivity index (χ1v) is 3.17. The standard InChI is InChI=1S/C7H5N3O/c11-7-5(4-9-10-7)6-2-1-3-8-6/h1-4,8H. The SMILES string of the molecule is O=C1N=NC=C1c1ccc[nH]1. The minimum Gasteiger partial charge on any atom is -0.361 e. The second-order valence-corrected chi connectivity index (χ2v) is 2.15. The molecule has 0 saturated carbocycles. The molecule has 0 unspecified atom stereocenters. The first kappa shape index (κ1) is 6.03. The molecule has 2 rings (SSSR count). The fourth-order valence-corrected chi connectivity index (χ4v) is 0.931. The molecule has 0 bridgehead atoms. The normalized spacial score (nSPS) is 15.6. The Hall–Kier alpha value is -1.71. The maximum Gasteiger partial charge on any atom is 0.299 e.